The largest absolute Gasteiger partial charge is 0.368 e. The molecule has 7 nitrogen and oxygen atoms in total. The lowest BCUT2D eigenvalue weighted by Crippen LogP contribution is -2.62. The number of carbonyl (C=O) groups excluding carboxylic acids is 1. The van der Waals surface area contributed by atoms with Gasteiger partial charge in [0.05, 0.1) is 19.8 Å². The molecule has 1 heterocycles. The number of ether oxygens (including phenoxy) is 4. The van der Waals surface area contributed by atoms with Gasteiger partial charge in [-0.05, 0) is 16.7 Å². The van der Waals surface area contributed by atoms with Gasteiger partial charge in [-0.25, -0.2) is 0 Å². The molecular weight excluding hydrogens is 446 g/mol. The predicted molar refractivity (Wildman–Crippen MR) is 130 cm³/mol. The summed E-state index contributed by atoms with van der Waals surface area (Å²) >= 11 is 0. The van der Waals surface area contributed by atoms with Crippen LogP contribution < -0.4 is 5.32 Å². The van der Waals surface area contributed by atoms with E-state index in [1.807, 2.05) is 91.0 Å². The fourth-order valence-corrected chi connectivity index (χ4v) is 4.09. The number of benzene rings is 3. The minimum atomic E-state index is -1.26. The molecule has 35 heavy (non-hydrogen) atoms. The summed E-state index contributed by atoms with van der Waals surface area (Å²) < 4.78 is 24.7. The zero-order valence-electron chi connectivity index (χ0n) is 19.4. The van der Waals surface area contributed by atoms with Gasteiger partial charge in [0.25, 0.3) is 0 Å². The Morgan fingerprint density at radius 2 is 1.11 bits per heavy atom. The summed E-state index contributed by atoms with van der Waals surface area (Å²) in [6, 6.07) is 29.3. The molecule has 0 spiro atoms. The maximum Gasteiger partial charge on any atom is 0.207 e. The van der Waals surface area contributed by atoms with Crippen molar-refractivity contribution >= 4 is 6.41 Å². The number of hydrogen-bond donors (Lipinski definition) is 2. The third kappa shape index (κ3) is 7.21. The van der Waals surface area contributed by atoms with Gasteiger partial charge in [-0.1, -0.05) is 91.0 Å². The van der Waals surface area contributed by atoms with Gasteiger partial charge >= 0.3 is 0 Å². The second-order valence-electron chi connectivity index (χ2n) is 8.37. The Kier molecular flexibility index (Phi) is 9.39. The van der Waals surface area contributed by atoms with Crippen molar-refractivity contribution in [2.24, 2.45) is 0 Å². The maximum absolute atomic E-state index is 11.0. The molecule has 1 fully saturated rings. The third-order valence-corrected chi connectivity index (χ3v) is 5.87. The van der Waals surface area contributed by atoms with Crippen LogP contribution in [0.5, 0.6) is 0 Å². The van der Waals surface area contributed by atoms with Crippen molar-refractivity contribution in [3.8, 4) is 0 Å². The molecule has 1 aliphatic heterocycles. The Bertz CT molecular complexity index is 1000. The molecular formula is C28H31NO6. The average Bonchev–Trinajstić information content (AvgIpc) is 2.91. The second kappa shape index (κ2) is 13.1. The van der Waals surface area contributed by atoms with Crippen molar-refractivity contribution in [1.82, 2.24) is 5.32 Å². The predicted octanol–water partition coefficient (Wildman–Crippen LogP) is 3.21. The first-order chi connectivity index (χ1) is 17.2. The summed E-state index contributed by atoms with van der Waals surface area (Å²) in [4.78, 5) is 11.0. The summed E-state index contributed by atoms with van der Waals surface area (Å²) in [5.41, 5.74) is 2.94. The molecule has 0 aromatic heterocycles. The Morgan fingerprint density at radius 3 is 1.57 bits per heavy atom. The van der Waals surface area contributed by atoms with E-state index < -0.39 is 30.7 Å². The lowest BCUT2D eigenvalue weighted by atomic mass is 9.97. The van der Waals surface area contributed by atoms with Crippen LogP contribution in [0.4, 0.5) is 0 Å². The van der Waals surface area contributed by atoms with E-state index in [-0.39, 0.29) is 13.2 Å². The van der Waals surface area contributed by atoms with Gasteiger partial charge in [0.2, 0.25) is 6.41 Å². The highest BCUT2D eigenvalue weighted by molar-refractivity contribution is 5.45. The van der Waals surface area contributed by atoms with E-state index >= 15 is 0 Å². The first-order valence-corrected chi connectivity index (χ1v) is 11.7. The van der Waals surface area contributed by atoms with Crippen molar-refractivity contribution in [1.29, 1.82) is 0 Å². The standard InChI is InChI=1S/C28H31NO6/c30-20-29-16-24-25(32-17-21-10-4-1-5-11-21)26(33-18-22-12-6-2-7-13-22)27(28(31)35-24)34-19-23-14-8-3-9-15-23/h1-15,20,24-28,31H,16-19H2,(H,29,30)/t24-,25-,26+,27+,28+/m1/s1. The number of carbonyl (C=O) groups is 1. The molecule has 3 aromatic rings. The van der Waals surface area contributed by atoms with E-state index in [9.17, 15) is 9.90 Å². The molecule has 1 saturated heterocycles. The Labute approximate surface area is 205 Å². The van der Waals surface area contributed by atoms with Gasteiger partial charge in [-0.3, -0.25) is 4.79 Å². The van der Waals surface area contributed by atoms with E-state index in [2.05, 4.69) is 5.32 Å². The molecule has 1 aliphatic rings. The van der Waals surface area contributed by atoms with Crippen LogP contribution in [0.25, 0.3) is 0 Å². The Hall–Kier alpha value is -3.07. The number of hydrogen-bond acceptors (Lipinski definition) is 6. The van der Waals surface area contributed by atoms with Crippen LogP contribution in [0.3, 0.4) is 0 Å². The van der Waals surface area contributed by atoms with E-state index in [0.29, 0.717) is 19.6 Å². The fraction of sp³-hybridized carbons (Fsp3) is 0.321. The van der Waals surface area contributed by atoms with Crippen LogP contribution in [-0.4, -0.2) is 48.8 Å². The van der Waals surface area contributed by atoms with E-state index in [0.717, 1.165) is 16.7 Å². The molecule has 0 radical (unpaired) electrons. The fourth-order valence-electron chi connectivity index (χ4n) is 4.09. The van der Waals surface area contributed by atoms with Gasteiger partial charge in [-0.2, -0.15) is 0 Å². The zero-order chi connectivity index (χ0) is 24.3. The number of aliphatic hydroxyl groups is 1. The molecule has 184 valence electrons. The molecule has 7 heteroatoms. The van der Waals surface area contributed by atoms with Gasteiger partial charge < -0.3 is 29.4 Å². The summed E-state index contributed by atoms with van der Waals surface area (Å²) in [6.07, 6.45) is -3.33. The van der Waals surface area contributed by atoms with Crippen LogP contribution in [0.2, 0.25) is 0 Å². The first kappa shape index (κ1) is 25.0. The molecule has 0 unspecified atom stereocenters. The molecule has 5 atom stereocenters. The van der Waals surface area contributed by atoms with Crippen molar-refractivity contribution in [3.05, 3.63) is 108 Å². The minimum absolute atomic E-state index is 0.163. The van der Waals surface area contributed by atoms with E-state index in [4.69, 9.17) is 18.9 Å². The topological polar surface area (TPSA) is 86.3 Å². The summed E-state index contributed by atoms with van der Waals surface area (Å²) in [5.74, 6) is 0. The third-order valence-electron chi connectivity index (χ3n) is 5.87. The molecule has 1 amide bonds. The van der Waals surface area contributed by atoms with Crippen molar-refractivity contribution < 1.29 is 28.8 Å². The Morgan fingerprint density at radius 1 is 0.686 bits per heavy atom. The maximum atomic E-state index is 11.0. The van der Waals surface area contributed by atoms with Crippen molar-refractivity contribution in [2.45, 2.75) is 50.5 Å². The van der Waals surface area contributed by atoms with Crippen molar-refractivity contribution in [3.63, 3.8) is 0 Å². The molecule has 4 rings (SSSR count). The van der Waals surface area contributed by atoms with Crippen LogP contribution in [0.15, 0.2) is 91.0 Å². The quantitative estimate of drug-likeness (QED) is 0.390. The number of aliphatic hydroxyl groups excluding tert-OH is 1. The van der Waals surface area contributed by atoms with E-state index in [1.165, 1.54) is 0 Å². The summed E-state index contributed by atoms with van der Waals surface area (Å²) in [5, 5.41) is 13.5. The summed E-state index contributed by atoms with van der Waals surface area (Å²) in [6.45, 7) is 1.07. The van der Waals surface area contributed by atoms with Gasteiger partial charge in [-0.15, -0.1) is 0 Å². The van der Waals surface area contributed by atoms with Gasteiger partial charge in [0.1, 0.15) is 24.4 Å². The highest BCUT2D eigenvalue weighted by atomic mass is 16.7. The van der Waals surface area contributed by atoms with Crippen LogP contribution in [-0.2, 0) is 43.6 Å². The van der Waals surface area contributed by atoms with Crippen LogP contribution in [0.1, 0.15) is 16.7 Å². The monoisotopic (exact) mass is 477 g/mol. The lowest BCUT2D eigenvalue weighted by molar-refractivity contribution is -0.310. The second-order valence-corrected chi connectivity index (χ2v) is 8.37. The smallest absolute Gasteiger partial charge is 0.207 e. The van der Waals surface area contributed by atoms with Crippen LogP contribution >= 0.6 is 0 Å². The first-order valence-electron chi connectivity index (χ1n) is 11.7. The Balaban J connectivity index is 1.56. The number of nitrogens with one attached hydrogen (secondary N) is 1. The molecule has 0 bridgehead atoms. The van der Waals surface area contributed by atoms with Gasteiger partial charge in [0, 0.05) is 6.54 Å². The minimum Gasteiger partial charge on any atom is -0.368 e. The molecule has 0 saturated carbocycles. The number of rotatable bonds is 12. The van der Waals surface area contributed by atoms with Crippen molar-refractivity contribution in [2.75, 3.05) is 6.54 Å². The van der Waals surface area contributed by atoms with Crippen LogP contribution in [0, 0.1) is 0 Å². The SMILES string of the molecule is O=CNC[C@H]1O[C@H](O)[C@@H](OCc2ccccc2)[C@@H](OCc2ccccc2)[C@@H]1OCc1ccccc1. The highest BCUT2D eigenvalue weighted by Crippen LogP contribution is 2.29. The molecule has 0 aliphatic carbocycles. The van der Waals surface area contributed by atoms with E-state index in [1.54, 1.807) is 0 Å². The average molecular weight is 478 g/mol. The summed E-state index contributed by atoms with van der Waals surface area (Å²) in [7, 11) is 0. The zero-order valence-corrected chi connectivity index (χ0v) is 19.4. The molecule has 2 N–H and O–H groups in total. The highest BCUT2D eigenvalue weighted by Gasteiger charge is 2.47. The normalized spacial score (nSPS) is 24.1. The van der Waals surface area contributed by atoms with Gasteiger partial charge in [0.15, 0.2) is 6.29 Å². The lowest BCUT2D eigenvalue weighted by Gasteiger charge is -2.44. The molecule has 3 aromatic carbocycles. The number of amides is 1.